The molecular formula is C11H17NO2S. The summed E-state index contributed by atoms with van der Waals surface area (Å²) in [4.78, 5) is 0. The van der Waals surface area contributed by atoms with Crippen molar-refractivity contribution in [3.63, 3.8) is 0 Å². The molecule has 0 aromatic carbocycles. The Hall–Kier alpha value is -0.610. The Bertz CT molecular complexity index is 361. The summed E-state index contributed by atoms with van der Waals surface area (Å²) < 4.78 is 17.4. The van der Waals surface area contributed by atoms with Crippen molar-refractivity contribution in [2.45, 2.75) is 31.6 Å². The summed E-state index contributed by atoms with van der Waals surface area (Å²) in [5.74, 6) is 2.48. The van der Waals surface area contributed by atoms with Gasteiger partial charge in [-0.05, 0) is 32.0 Å². The highest BCUT2D eigenvalue weighted by Crippen LogP contribution is 2.21. The SMILES string of the molecule is Cc1ccc(C2CS(=O)C(C)CCN2)o1. The zero-order valence-corrected chi connectivity index (χ0v) is 9.97. The predicted octanol–water partition coefficient (Wildman–Crippen LogP) is 1.76. The average Bonchev–Trinajstić information content (AvgIpc) is 2.55. The van der Waals surface area contributed by atoms with Crippen LogP contribution in [0.5, 0.6) is 0 Å². The molecule has 0 saturated carbocycles. The Kier molecular flexibility index (Phi) is 3.26. The number of nitrogens with one attached hydrogen (secondary N) is 1. The standard InChI is InChI=1S/C11H17NO2S/c1-8-3-4-11(14-8)10-7-15(13)9(2)5-6-12-10/h3-4,9-10,12H,5-7H2,1-2H3. The van der Waals surface area contributed by atoms with E-state index in [-0.39, 0.29) is 6.04 Å². The van der Waals surface area contributed by atoms with Crippen molar-refractivity contribution in [2.75, 3.05) is 12.3 Å². The lowest BCUT2D eigenvalue weighted by Gasteiger charge is -2.12. The van der Waals surface area contributed by atoms with Crippen LogP contribution in [-0.2, 0) is 10.8 Å². The topological polar surface area (TPSA) is 42.2 Å². The van der Waals surface area contributed by atoms with E-state index in [1.165, 1.54) is 0 Å². The fraction of sp³-hybridized carbons (Fsp3) is 0.636. The maximum atomic E-state index is 11.8. The maximum Gasteiger partial charge on any atom is 0.122 e. The Morgan fingerprint density at radius 1 is 1.53 bits per heavy atom. The van der Waals surface area contributed by atoms with Crippen LogP contribution in [0.1, 0.15) is 30.9 Å². The lowest BCUT2D eigenvalue weighted by atomic mass is 10.2. The fourth-order valence-electron chi connectivity index (χ4n) is 1.80. The van der Waals surface area contributed by atoms with E-state index in [0.29, 0.717) is 11.0 Å². The lowest BCUT2D eigenvalue weighted by molar-refractivity contribution is 0.421. The summed E-state index contributed by atoms with van der Waals surface area (Å²) in [7, 11) is -0.746. The maximum absolute atomic E-state index is 11.8. The van der Waals surface area contributed by atoms with Gasteiger partial charge in [-0.2, -0.15) is 0 Å². The first-order valence-electron chi connectivity index (χ1n) is 5.33. The Balaban J connectivity index is 2.13. The molecule has 3 nitrogen and oxygen atoms in total. The summed E-state index contributed by atoms with van der Waals surface area (Å²) >= 11 is 0. The van der Waals surface area contributed by atoms with Crippen molar-refractivity contribution < 1.29 is 8.63 Å². The first-order chi connectivity index (χ1) is 7.16. The predicted molar refractivity (Wildman–Crippen MR) is 61.3 cm³/mol. The van der Waals surface area contributed by atoms with E-state index in [1.807, 2.05) is 26.0 Å². The third-order valence-electron chi connectivity index (χ3n) is 2.83. The Morgan fingerprint density at radius 2 is 2.33 bits per heavy atom. The van der Waals surface area contributed by atoms with E-state index in [1.54, 1.807) is 0 Å². The zero-order chi connectivity index (χ0) is 10.8. The van der Waals surface area contributed by atoms with Gasteiger partial charge >= 0.3 is 0 Å². The fourth-order valence-corrected chi connectivity index (χ4v) is 3.12. The quantitative estimate of drug-likeness (QED) is 0.795. The van der Waals surface area contributed by atoms with E-state index in [4.69, 9.17) is 4.42 Å². The van der Waals surface area contributed by atoms with Gasteiger partial charge in [0.25, 0.3) is 0 Å². The molecule has 1 N–H and O–H groups in total. The van der Waals surface area contributed by atoms with Crippen molar-refractivity contribution in [3.05, 3.63) is 23.7 Å². The molecule has 15 heavy (non-hydrogen) atoms. The van der Waals surface area contributed by atoms with Gasteiger partial charge in [0.2, 0.25) is 0 Å². The minimum Gasteiger partial charge on any atom is -0.465 e. The van der Waals surface area contributed by atoms with Crippen molar-refractivity contribution in [1.82, 2.24) is 5.32 Å². The molecule has 3 unspecified atom stereocenters. The van der Waals surface area contributed by atoms with Crippen molar-refractivity contribution >= 4 is 10.8 Å². The van der Waals surface area contributed by atoms with E-state index >= 15 is 0 Å². The van der Waals surface area contributed by atoms with Crippen molar-refractivity contribution in [1.29, 1.82) is 0 Å². The van der Waals surface area contributed by atoms with Crippen LogP contribution in [0, 0.1) is 6.92 Å². The van der Waals surface area contributed by atoms with Crippen LogP contribution in [0.15, 0.2) is 16.5 Å². The van der Waals surface area contributed by atoms with E-state index in [9.17, 15) is 4.21 Å². The molecule has 1 saturated heterocycles. The number of rotatable bonds is 1. The summed E-state index contributed by atoms with van der Waals surface area (Å²) in [5, 5.41) is 3.68. The monoisotopic (exact) mass is 227 g/mol. The molecule has 2 rings (SSSR count). The van der Waals surface area contributed by atoms with Gasteiger partial charge in [-0.1, -0.05) is 6.92 Å². The van der Waals surface area contributed by atoms with Crippen molar-refractivity contribution in [2.24, 2.45) is 0 Å². The first kappa shape index (κ1) is 10.9. The molecular weight excluding hydrogens is 210 g/mol. The minimum atomic E-state index is -0.746. The minimum absolute atomic E-state index is 0.115. The molecule has 1 fully saturated rings. The largest absolute Gasteiger partial charge is 0.465 e. The van der Waals surface area contributed by atoms with Crippen LogP contribution < -0.4 is 5.32 Å². The number of hydrogen-bond donors (Lipinski definition) is 1. The second-order valence-electron chi connectivity index (χ2n) is 4.10. The van der Waals surface area contributed by atoms with Gasteiger partial charge in [0, 0.05) is 21.8 Å². The lowest BCUT2D eigenvalue weighted by Crippen LogP contribution is -2.23. The van der Waals surface area contributed by atoms with E-state index in [2.05, 4.69) is 5.32 Å². The number of hydrogen-bond acceptors (Lipinski definition) is 3. The van der Waals surface area contributed by atoms with Gasteiger partial charge in [-0.3, -0.25) is 4.21 Å². The zero-order valence-electron chi connectivity index (χ0n) is 9.16. The molecule has 2 heterocycles. The van der Waals surface area contributed by atoms with E-state index < -0.39 is 10.8 Å². The van der Waals surface area contributed by atoms with Crippen LogP contribution >= 0.6 is 0 Å². The van der Waals surface area contributed by atoms with Gasteiger partial charge in [0.15, 0.2) is 0 Å². The van der Waals surface area contributed by atoms with Gasteiger partial charge in [0.1, 0.15) is 11.5 Å². The van der Waals surface area contributed by atoms with Crippen LogP contribution in [-0.4, -0.2) is 21.8 Å². The van der Waals surface area contributed by atoms with Gasteiger partial charge in [-0.15, -0.1) is 0 Å². The Morgan fingerprint density at radius 3 is 3.00 bits per heavy atom. The van der Waals surface area contributed by atoms with Gasteiger partial charge < -0.3 is 9.73 Å². The Labute approximate surface area is 92.7 Å². The molecule has 0 aliphatic carbocycles. The van der Waals surface area contributed by atoms with Gasteiger partial charge in [-0.25, -0.2) is 0 Å². The molecule has 84 valence electrons. The molecule has 0 bridgehead atoms. The molecule has 1 aliphatic rings. The molecule has 1 aliphatic heterocycles. The smallest absolute Gasteiger partial charge is 0.122 e. The summed E-state index contributed by atoms with van der Waals surface area (Å²) in [6.45, 7) is 4.89. The van der Waals surface area contributed by atoms with Crippen LogP contribution in [0.25, 0.3) is 0 Å². The number of aryl methyl sites for hydroxylation is 1. The third kappa shape index (κ3) is 2.49. The van der Waals surface area contributed by atoms with E-state index in [0.717, 1.165) is 24.5 Å². The highest BCUT2D eigenvalue weighted by atomic mass is 32.2. The van der Waals surface area contributed by atoms with Crippen LogP contribution in [0.3, 0.4) is 0 Å². The highest BCUT2D eigenvalue weighted by molar-refractivity contribution is 7.85. The molecule has 4 heteroatoms. The normalized spacial score (nSPS) is 32.5. The van der Waals surface area contributed by atoms with Crippen LogP contribution in [0.4, 0.5) is 0 Å². The van der Waals surface area contributed by atoms with Crippen LogP contribution in [0.2, 0.25) is 0 Å². The summed E-state index contributed by atoms with van der Waals surface area (Å²) in [6, 6.07) is 4.04. The third-order valence-corrected chi connectivity index (χ3v) is 4.62. The molecule has 1 aromatic heterocycles. The molecule has 0 spiro atoms. The molecule has 1 aromatic rings. The first-order valence-corrected chi connectivity index (χ1v) is 6.72. The van der Waals surface area contributed by atoms with Gasteiger partial charge in [0.05, 0.1) is 6.04 Å². The molecule has 3 atom stereocenters. The second-order valence-corrected chi connectivity index (χ2v) is 6.00. The second kappa shape index (κ2) is 4.49. The van der Waals surface area contributed by atoms with Crippen molar-refractivity contribution in [3.8, 4) is 0 Å². The number of furan rings is 1. The molecule has 0 radical (unpaired) electrons. The average molecular weight is 227 g/mol. The molecule has 0 amide bonds. The highest BCUT2D eigenvalue weighted by Gasteiger charge is 2.24. The summed E-state index contributed by atoms with van der Waals surface area (Å²) in [5.41, 5.74) is 0. The summed E-state index contributed by atoms with van der Waals surface area (Å²) in [6.07, 6.45) is 0.975.